The van der Waals surface area contributed by atoms with Crippen LogP contribution in [0.25, 0.3) is 11.2 Å². The number of anilines is 1. The predicted octanol–water partition coefficient (Wildman–Crippen LogP) is 4.85. The van der Waals surface area contributed by atoms with E-state index in [1.807, 2.05) is 41.3 Å². The molecule has 2 aromatic heterocycles. The third-order valence-corrected chi connectivity index (χ3v) is 6.00. The summed E-state index contributed by atoms with van der Waals surface area (Å²) >= 11 is 0. The maximum atomic E-state index is 14.4. The predicted molar refractivity (Wildman–Crippen MR) is 122 cm³/mol. The molecule has 1 aliphatic heterocycles. The number of amides is 1. The summed E-state index contributed by atoms with van der Waals surface area (Å²) in [5.41, 5.74) is 2.47. The van der Waals surface area contributed by atoms with Gasteiger partial charge in [0.15, 0.2) is 5.65 Å². The van der Waals surface area contributed by atoms with Gasteiger partial charge in [-0.3, -0.25) is 0 Å². The van der Waals surface area contributed by atoms with Crippen molar-refractivity contribution in [3.63, 3.8) is 0 Å². The maximum Gasteiger partial charge on any atom is 0.328 e. The number of rotatable bonds is 5. The van der Waals surface area contributed by atoms with Crippen molar-refractivity contribution in [2.24, 2.45) is 0 Å². The van der Waals surface area contributed by atoms with Crippen LogP contribution in [0.5, 0.6) is 0 Å². The van der Waals surface area contributed by atoms with Gasteiger partial charge in [-0.15, -0.1) is 0 Å². The number of halogens is 2. The molecule has 1 unspecified atom stereocenters. The van der Waals surface area contributed by atoms with E-state index >= 15 is 0 Å². The van der Waals surface area contributed by atoms with Gasteiger partial charge in [-0.1, -0.05) is 30.3 Å². The fourth-order valence-electron chi connectivity index (χ4n) is 4.37. The Morgan fingerprint density at radius 1 is 1.09 bits per heavy atom. The Morgan fingerprint density at radius 2 is 1.94 bits per heavy atom. The first-order valence-electron chi connectivity index (χ1n) is 11.0. The zero-order valence-corrected chi connectivity index (χ0v) is 17.9. The van der Waals surface area contributed by atoms with Gasteiger partial charge in [0.25, 0.3) is 0 Å². The first-order valence-corrected chi connectivity index (χ1v) is 11.0. The highest BCUT2D eigenvalue weighted by atomic mass is 19.1. The van der Waals surface area contributed by atoms with Crippen molar-refractivity contribution >= 4 is 23.0 Å². The largest absolute Gasteiger partial charge is 0.349 e. The lowest BCUT2D eigenvalue weighted by Gasteiger charge is -2.26. The van der Waals surface area contributed by atoms with E-state index in [1.165, 1.54) is 17.0 Å². The number of carbonyl (C=O) groups excluding carboxylic acids is 1. The van der Waals surface area contributed by atoms with Crippen LogP contribution in [0.2, 0.25) is 0 Å². The van der Waals surface area contributed by atoms with E-state index < -0.39 is 11.6 Å². The molecule has 6 nitrogen and oxygen atoms in total. The molecule has 0 bridgehead atoms. The Morgan fingerprint density at radius 3 is 2.79 bits per heavy atom. The molecule has 1 N–H and O–H groups in total. The van der Waals surface area contributed by atoms with Crippen LogP contribution in [0.4, 0.5) is 19.4 Å². The second kappa shape index (κ2) is 8.97. The van der Waals surface area contributed by atoms with Crippen LogP contribution >= 0.6 is 0 Å². The molecule has 0 spiro atoms. The minimum Gasteiger partial charge on any atom is -0.349 e. The highest BCUT2D eigenvalue weighted by Crippen LogP contribution is 2.37. The van der Waals surface area contributed by atoms with Gasteiger partial charge >= 0.3 is 6.03 Å². The van der Waals surface area contributed by atoms with Crippen LogP contribution in [-0.2, 0) is 6.42 Å². The lowest BCUT2D eigenvalue weighted by atomic mass is 10.0. The van der Waals surface area contributed by atoms with E-state index in [0.717, 1.165) is 24.1 Å². The van der Waals surface area contributed by atoms with Crippen LogP contribution in [-0.4, -0.2) is 33.7 Å². The number of imidazole rings is 1. The van der Waals surface area contributed by atoms with E-state index in [1.54, 1.807) is 6.07 Å². The van der Waals surface area contributed by atoms with Crippen LogP contribution in [0, 0.1) is 11.6 Å². The third-order valence-electron chi connectivity index (χ3n) is 6.00. The third kappa shape index (κ3) is 4.28. The zero-order chi connectivity index (χ0) is 22.8. The molecule has 3 heterocycles. The number of nitrogens with one attached hydrogen (secondary N) is 1. The van der Waals surface area contributed by atoms with Crippen LogP contribution in [0.15, 0.2) is 67.0 Å². The van der Waals surface area contributed by atoms with Crippen LogP contribution < -0.4 is 10.2 Å². The number of aromatic nitrogens is 3. The molecule has 0 radical (unpaired) electrons. The molecule has 1 fully saturated rings. The summed E-state index contributed by atoms with van der Waals surface area (Å²) in [4.78, 5) is 23.7. The normalized spacial score (nSPS) is 15.8. The molecule has 5 rings (SSSR count). The number of benzene rings is 2. The fourth-order valence-corrected chi connectivity index (χ4v) is 4.37. The van der Waals surface area contributed by atoms with Gasteiger partial charge in [0.05, 0.1) is 6.04 Å². The zero-order valence-electron chi connectivity index (χ0n) is 17.9. The summed E-state index contributed by atoms with van der Waals surface area (Å²) in [5, 5.41) is 2.90. The molecule has 1 saturated heterocycles. The number of hydrogen-bond acceptors (Lipinski definition) is 4. The number of carbonyl (C=O) groups is 1. The molecule has 1 atom stereocenters. The Kier molecular flexibility index (Phi) is 5.73. The first-order chi connectivity index (χ1) is 16.1. The van der Waals surface area contributed by atoms with Gasteiger partial charge in [0, 0.05) is 18.7 Å². The van der Waals surface area contributed by atoms with Crippen molar-refractivity contribution in [1.82, 2.24) is 19.9 Å². The summed E-state index contributed by atoms with van der Waals surface area (Å²) in [6, 6.07) is 16.4. The van der Waals surface area contributed by atoms with Gasteiger partial charge in [-0.25, -0.2) is 28.1 Å². The first kappa shape index (κ1) is 21.1. The van der Waals surface area contributed by atoms with Gasteiger partial charge in [0.2, 0.25) is 0 Å². The van der Waals surface area contributed by atoms with Crippen molar-refractivity contribution in [1.29, 1.82) is 0 Å². The van der Waals surface area contributed by atoms with Gasteiger partial charge in [-0.2, -0.15) is 0 Å². The van der Waals surface area contributed by atoms with E-state index in [0.29, 0.717) is 48.5 Å². The Hall–Kier alpha value is -3.81. The van der Waals surface area contributed by atoms with E-state index in [9.17, 15) is 13.6 Å². The average molecular weight is 447 g/mol. The lowest BCUT2D eigenvalue weighted by Crippen LogP contribution is -2.30. The molecule has 33 heavy (non-hydrogen) atoms. The van der Waals surface area contributed by atoms with E-state index in [-0.39, 0.29) is 12.1 Å². The molecular weight excluding hydrogens is 424 g/mol. The van der Waals surface area contributed by atoms with E-state index in [4.69, 9.17) is 0 Å². The van der Waals surface area contributed by atoms with Gasteiger partial charge in [-0.05, 0) is 55.2 Å². The van der Waals surface area contributed by atoms with Crippen molar-refractivity contribution in [2.45, 2.75) is 25.3 Å². The molecule has 8 heteroatoms. The molecule has 2 aromatic carbocycles. The maximum absolute atomic E-state index is 14.4. The summed E-state index contributed by atoms with van der Waals surface area (Å²) < 4.78 is 29.6. The topological polar surface area (TPSA) is 63.1 Å². The second-order valence-corrected chi connectivity index (χ2v) is 8.11. The van der Waals surface area contributed by atoms with Gasteiger partial charge < -0.3 is 10.2 Å². The summed E-state index contributed by atoms with van der Waals surface area (Å²) in [6.07, 6.45) is 3.69. The van der Waals surface area contributed by atoms with E-state index in [2.05, 4.69) is 15.3 Å². The summed E-state index contributed by atoms with van der Waals surface area (Å²) in [5.74, 6) is -0.295. The monoisotopic (exact) mass is 447 g/mol. The van der Waals surface area contributed by atoms with Crippen LogP contribution in [0.1, 0.15) is 30.0 Å². The average Bonchev–Trinajstić information content (AvgIpc) is 3.48. The SMILES string of the molecule is O=C(NCCc1ccccc1)n1cnc2ccc(N3CCCC3c3cc(F)ccc3F)nc21. The minimum atomic E-state index is -0.466. The Bertz CT molecular complexity index is 1290. The highest BCUT2D eigenvalue weighted by molar-refractivity contribution is 5.87. The molecule has 168 valence electrons. The fraction of sp³-hybridized carbons (Fsp3) is 0.240. The van der Waals surface area contributed by atoms with Crippen molar-refractivity contribution in [2.75, 3.05) is 18.0 Å². The number of fused-ring (bicyclic) bond motifs is 1. The minimum absolute atomic E-state index is 0.313. The molecular formula is C25H23F2N5O. The van der Waals surface area contributed by atoms with Crippen molar-refractivity contribution < 1.29 is 13.6 Å². The molecule has 1 amide bonds. The van der Waals surface area contributed by atoms with Crippen molar-refractivity contribution in [3.8, 4) is 0 Å². The van der Waals surface area contributed by atoms with Gasteiger partial charge in [0.1, 0.15) is 29.3 Å². The Labute approximate surface area is 189 Å². The van der Waals surface area contributed by atoms with Crippen molar-refractivity contribution in [3.05, 3.63) is 89.8 Å². The number of nitrogens with zero attached hydrogens (tertiary/aromatic N) is 4. The number of hydrogen-bond donors (Lipinski definition) is 1. The second-order valence-electron chi connectivity index (χ2n) is 8.11. The Balaban J connectivity index is 1.37. The quantitative estimate of drug-likeness (QED) is 0.475. The highest BCUT2D eigenvalue weighted by Gasteiger charge is 2.30. The smallest absolute Gasteiger partial charge is 0.328 e. The summed E-state index contributed by atoms with van der Waals surface area (Å²) in [6.45, 7) is 1.14. The molecule has 4 aromatic rings. The number of pyridine rings is 1. The lowest BCUT2D eigenvalue weighted by molar-refractivity contribution is 0.243. The molecule has 1 aliphatic rings. The molecule has 0 saturated carbocycles. The molecule has 0 aliphatic carbocycles. The van der Waals surface area contributed by atoms with Crippen LogP contribution in [0.3, 0.4) is 0 Å². The summed E-state index contributed by atoms with van der Waals surface area (Å²) in [7, 11) is 0. The standard InChI is InChI=1S/C25H23F2N5O/c26-18-8-9-20(27)19(15-18)22-7-4-14-31(22)23-11-10-21-24(30-23)32(16-29-21)25(33)28-13-12-17-5-2-1-3-6-17/h1-3,5-6,8-11,15-16,22H,4,7,12-14H2,(H,28,33).